The molecule has 1 heterocycles. The first kappa shape index (κ1) is 15.0. The van der Waals surface area contributed by atoms with E-state index in [1.54, 1.807) is 0 Å². The smallest absolute Gasteiger partial charge is 0.237 e. The Labute approximate surface area is 121 Å². The molecule has 5 heteroatoms. The molecule has 20 heavy (non-hydrogen) atoms. The summed E-state index contributed by atoms with van der Waals surface area (Å²) in [5.74, 6) is 0.110. The van der Waals surface area contributed by atoms with E-state index in [1.165, 1.54) is 18.4 Å². The van der Waals surface area contributed by atoms with Crippen LogP contribution in [0.1, 0.15) is 50.8 Å². The molecule has 0 aliphatic heterocycles. The molecule has 2 N–H and O–H groups in total. The Bertz CT molecular complexity index is 449. The highest BCUT2D eigenvalue weighted by molar-refractivity contribution is 5.81. The van der Waals surface area contributed by atoms with E-state index in [-0.39, 0.29) is 11.9 Å². The molecule has 0 spiro atoms. The highest BCUT2D eigenvalue weighted by atomic mass is 16.2. The van der Waals surface area contributed by atoms with Crippen molar-refractivity contribution in [2.24, 2.45) is 7.05 Å². The van der Waals surface area contributed by atoms with E-state index in [1.807, 2.05) is 24.9 Å². The van der Waals surface area contributed by atoms with Crippen molar-refractivity contribution in [1.82, 2.24) is 20.4 Å². The van der Waals surface area contributed by atoms with Gasteiger partial charge in [-0.1, -0.05) is 19.8 Å². The van der Waals surface area contributed by atoms with Crippen LogP contribution in [0.3, 0.4) is 0 Å². The first-order chi connectivity index (χ1) is 9.60. The van der Waals surface area contributed by atoms with Crippen molar-refractivity contribution in [3.8, 4) is 0 Å². The zero-order valence-electron chi connectivity index (χ0n) is 12.8. The molecule has 1 amide bonds. The van der Waals surface area contributed by atoms with Crippen molar-refractivity contribution < 1.29 is 4.79 Å². The Morgan fingerprint density at radius 3 is 2.85 bits per heavy atom. The predicted molar refractivity (Wildman–Crippen MR) is 79.3 cm³/mol. The molecular weight excluding hydrogens is 252 g/mol. The Morgan fingerprint density at radius 2 is 2.20 bits per heavy atom. The summed E-state index contributed by atoms with van der Waals surface area (Å²) in [5.41, 5.74) is 2.28. The van der Waals surface area contributed by atoms with E-state index in [0.29, 0.717) is 12.6 Å². The molecule has 0 aromatic carbocycles. The fourth-order valence-corrected chi connectivity index (χ4v) is 2.78. The maximum absolute atomic E-state index is 12.1. The molecule has 0 saturated heterocycles. The van der Waals surface area contributed by atoms with Gasteiger partial charge in [0.1, 0.15) is 0 Å². The first-order valence-electron chi connectivity index (χ1n) is 7.65. The molecule has 1 saturated carbocycles. The number of aromatic nitrogens is 2. The van der Waals surface area contributed by atoms with E-state index >= 15 is 0 Å². The molecule has 1 aromatic heterocycles. The Morgan fingerprint density at radius 1 is 1.50 bits per heavy atom. The van der Waals surface area contributed by atoms with Gasteiger partial charge < -0.3 is 10.6 Å². The van der Waals surface area contributed by atoms with Crippen LogP contribution < -0.4 is 10.6 Å². The number of amides is 1. The third kappa shape index (κ3) is 3.82. The van der Waals surface area contributed by atoms with Crippen molar-refractivity contribution in [3.05, 3.63) is 17.5 Å². The highest BCUT2D eigenvalue weighted by Gasteiger charge is 2.20. The Kier molecular flexibility index (Phi) is 5.17. The minimum atomic E-state index is -0.166. The van der Waals surface area contributed by atoms with Crippen molar-refractivity contribution in [1.29, 1.82) is 0 Å². The SMILES string of the molecule is CCc1nn(C)cc1CNC(C)C(=O)NC1CCCC1. The summed E-state index contributed by atoms with van der Waals surface area (Å²) in [5, 5.41) is 10.8. The van der Waals surface area contributed by atoms with Gasteiger partial charge in [-0.3, -0.25) is 9.48 Å². The van der Waals surface area contributed by atoms with E-state index in [9.17, 15) is 4.79 Å². The summed E-state index contributed by atoms with van der Waals surface area (Å²) in [4.78, 5) is 12.1. The zero-order valence-corrected chi connectivity index (χ0v) is 12.8. The van der Waals surface area contributed by atoms with Crippen LogP contribution in [-0.4, -0.2) is 27.8 Å². The third-order valence-electron chi connectivity index (χ3n) is 4.02. The molecule has 1 aliphatic carbocycles. The summed E-state index contributed by atoms with van der Waals surface area (Å²) in [6.07, 6.45) is 7.67. The van der Waals surface area contributed by atoms with E-state index < -0.39 is 0 Å². The summed E-state index contributed by atoms with van der Waals surface area (Å²) < 4.78 is 1.83. The molecule has 112 valence electrons. The van der Waals surface area contributed by atoms with Crippen LogP contribution >= 0.6 is 0 Å². The lowest BCUT2D eigenvalue weighted by Gasteiger charge is -2.17. The Balaban J connectivity index is 1.81. The average Bonchev–Trinajstić information content (AvgIpc) is 3.05. The van der Waals surface area contributed by atoms with Gasteiger partial charge in [0.15, 0.2) is 0 Å². The average molecular weight is 278 g/mol. The van der Waals surface area contributed by atoms with E-state index in [4.69, 9.17) is 0 Å². The number of hydrogen-bond donors (Lipinski definition) is 2. The van der Waals surface area contributed by atoms with Gasteiger partial charge >= 0.3 is 0 Å². The van der Waals surface area contributed by atoms with Gasteiger partial charge in [-0.05, 0) is 26.2 Å². The van der Waals surface area contributed by atoms with Gasteiger partial charge in [-0.15, -0.1) is 0 Å². The number of rotatable bonds is 6. The number of aryl methyl sites for hydroxylation is 2. The number of hydrogen-bond acceptors (Lipinski definition) is 3. The lowest BCUT2D eigenvalue weighted by atomic mass is 10.2. The van der Waals surface area contributed by atoms with Crippen molar-refractivity contribution >= 4 is 5.91 Å². The molecule has 1 aromatic rings. The largest absolute Gasteiger partial charge is 0.352 e. The van der Waals surface area contributed by atoms with Crippen LogP contribution in [0.5, 0.6) is 0 Å². The first-order valence-corrected chi connectivity index (χ1v) is 7.65. The van der Waals surface area contributed by atoms with Gasteiger partial charge in [-0.25, -0.2) is 0 Å². The minimum Gasteiger partial charge on any atom is -0.352 e. The van der Waals surface area contributed by atoms with E-state index in [0.717, 1.165) is 25.0 Å². The monoisotopic (exact) mass is 278 g/mol. The lowest BCUT2D eigenvalue weighted by Crippen LogP contribution is -2.45. The standard InChI is InChI=1S/C15H26N4O/c1-4-14-12(10-19(3)18-14)9-16-11(2)15(20)17-13-7-5-6-8-13/h10-11,13,16H,4-9H2,1-3H3,(H,17,20). The lowest BCUT2D eigenvalue weighted by molar-refractivity contribution is -0.123. The number of carbonyl (C=O) groups excluding carboxylic acids is 1. The van der Waals surface area contributed by atoms with Gasteiger partial charge in [-0.2, -0.15) is 5.10 Å². The number of nitrogens with zero attached hydrogens (tertiary/aromatic N) is 2. The van der Waals surface area contributed by atoms with Crippen LogP contribution in [0.25, 0.3) is 0 Å². The van der Waals surface area contributed by atoms with Gasteiger partial charge in [0.05, 0.1) is 11.7 Å². The third-order valence-corrected chi connectivity index (χ3v) is 4.02. The second kappa shape index (κ2) is 6.88. The van der Waals surface area contributed by atoms with Crippen molar-refractivity contribution in [2.75, 3.05) is 0 Å². The second-order valence-corrected chi connectivity index (χ2v) is 5.72. The molecule has 1 fully saturated rings. The molecule has 0 bridgehead atoms. The summed E-state index contributed by atoms with van der Waals surface area (Å²) in [7, 11) is 1.93. The zero-order chi connectivity index (χ0) is 14.5. The molecule has 0 radical (unpaired) electrons. The fourth-order valence-electron chi connectivity index (χ4n) is 2.78. The molecule has 2 rings (SSSR count). The summed E-state index contributed by atoms with van der Waals surface area (Å²) >= 11 is 0. The molecule has 1 aliphatic rings. The molecule has 1 atom stereocenters. The van der Waals surface area contributed by atoms with Crippen molar-refractivity contribution in [2.45, 2.75) is 64.6 Å². The molecule has 1 unspecified atom stereocenters. The van der Waals surface area contributed by atoms with Gasteiger partial charge in [0.25, 0.3) is 0 Å². The fraction of sp³-hybridized carbons (Fsp3) is 0.733. The van der Waals surface area contributed by atoms with Crippen molar-refractivity contribution in [3.63, 3.8) is 0 Å². The topological polar surface area (TPSA) is 59.0 Å². The molecular formula is C15H26N4O. The normalized spacial score (nSPS) is 17.4. The van der Waals surface area contributed by atoms with Crippen LogP contribution in [-0.2, 0) is 24.8 Å². The maximum Gasteiger partial charge on any atom is 0.237 e. The highest BCUT2D eigenvalue weighted by Crippen LogP contribution is 2.17. The Hall–Kier alpha value is -1.36. The second-order valence-electron chi connectivity index (χ2n) is 5.72. The maximum atomic E-state index is 12.1. The van der Waals surface area contributed by atoms with Crippen LogP contribution in [0.2, 0.25) is 0 Å². The van der Waals surface area contributed by atoms with E-state index in [2.05, 4.69) is 22.7 Å². The summed E-state index contributed by atoms with van der Waals surface area (Å²) in [6.45, 7) is 4.71. The van der Waals surface area contributed by atoms with Gasteiger partial charge in [0.2, 0.25) is 5.91 Å². The molecule has 5 nitrogen and oxygen atoms in total. The van der Waals surface area contributed by atoms with Gasteiger partial charge in [0, 0.05) is 31.4 Å². The quantitative estimate of drug-likeness (QED) is 0.829. The predicted octanol–water partition coefficient (Wildman–Crippen LogP) is 1.52. The number of nitrogens with one attached hydrogen (secondary N) is 2. The summed E-state index contributed by atoms with van der Waals surface area (Å²) in [6, 6.07) is 0.219. The van der Waals surface area contributed by atoms with Crippen LogP contribution in [0, 0.1) is 0 Å². The van der Waals surface area contributed by atoms with Crippen LogP contribution in [0.4, 0.5) is 0 Å². The number of carbonyl (C=O) groups is 1. The minimum absolute atomic E-state index is 0.110. The van der Waals surface area contributed by atoms with Crippen LogP contribution in [0.15, 0.2) is 6.20 Å².